The summed E-state index contributed by atoms with van der Waals surface area (Å²) in [5.41, 5.74) is 3.91. The number of aromatic nitrogens is 1. The molecule has 4 rings (SSSR count). The molecule has 8 heteroatoms. The average Bonchev–Trinajstić information content (AvgIpc) is 2.96. The number of hydrogen-bond acceptors (Lipinski definition) is 6. The number of carbonyl (C=O) groups is 3. The third kappa shape index (κ3) is 8.66. The van der Waals surface area contributed by atoms with Crippen LogP contribution in [0, 0.1) is 11.8 Å². The summed E-state index contributed by atoms with van der Waals surface area (Å²) in [6.07, 6.45) is 4.80. The Kier molecular flexibility index (Phi) is 9.89. The second kappa shape index (κ2) is 13.4. The minimum Gasteiger partial charge on any atom is -0.469 e. The number of carbonyl (C=O) groups excluding carboxylic acids is 3. The van der Waals surface area contributed by atoms with Gasteiger partial charge in [0, 0.05) is 17.5 Å². The molecular weight excluding hydrogens is 542 g/mol. The van der Waals surface area contributed by atoms with Crippen LogP contribution in [0.25, 0.3) is 22.4 Å². The first kappa shape index (κ1) is 31.7. The Labute approximate surface area is 254 Å². The van der Waals surface area contributed by atoms with E-state index in [0.29, 0.717) is 12.1 Å². The molecule has 2 aromatic carbocycles. The Morgan fingerprint density at radius 3 is 2.14 bits per heavy atom. The van der Waals surface area contributed by atoms with Gasteiger partial charge in [-0.2, -0.15) is 0 Å². The molecule has 1 aliphatic carbocycles. The fourth-order valence-corrected chi connectivity index (χ4v) is 5.52. The second-order valence-corrected chi connectivity index (χ2v) is 12.8. The van der Waals surface area contributed by atoms with Crippen LogP contribution in [0.3, 0.4) is 0 Å². The Bertz CT molecular complexity index is 1420. The number of nitrogens with one attached hydrogen (secondary N) is 2. The quantitative estimate of drug-likeness (QED) is 0.265. The Morgan fingerprint density at radius 1 is 0.884 bits per heavy atom. The standard InChI is InChI=1S/C35H43N3O5/c1-34(2,3)43-33(41)38-35(4,5)27-18-16-25(17-19-27)31-29(24-10-8-7-9-11-24)21-28(22-36-31)37-30(39)20-23-12-14-26(15-13-23)32(40)42-6/h7-11,16-19,21-23,26H,12-15,20H2,1-6H3,(H,37,39)(H,38,41)/t23-,26-. The maximum Gasteiger partial charge on any atom is 0.408 e. The minimum absolute atomic E-state index is 0.0563. The Hall–Kier alpha value is -4.20. The summed E-state index contributed by atoms with van der Waals surface area (Å²) in [6.45, 7) is 9.37. The lowest BCUT2D eigenvalue weighted by molar-refractivity contribution is -0.146. The topological polar surface area (TPSA) is 107 Å². The summed E-state index contributed by atoms with van der Waals surface area (Å²) >= 11 is 0. The molecule has 1 fully saturated rings. The first-order chi connectivity index (χ1) is 20.3. The number of hydrogen-bond donors (Lipinski definition) is 2. The van der Waals surface area contributed by atoms with Crippen LogP contribution >= 0.6 is 0 Å². The molecule has 0 saturated heterocycles. The van der Waals surface area contributed by atoms with E-state index in [-0.39, 0.29) is 23.7 Å². The van der Waals surface area contributed by atoms with Crippen molar-refractivity contribution in [1.82, 2.24) is 10.3 Å². The molecule has 0 atom stereocenters. The molecule has 2 amide bonds. The molecule has 0 unspecified atom stereocenters. The lowest BCUT2D eigenvalue weighted by atomic mass is 9.80. The average molecular weight is 586 g/mol. The zero-order valence-corrected chi connectivity index (χ0v) is 26.0. The summed E-state index contributed by atoms with van der Waals surface area (Å²) in [5, 5.41) is 5.99. The molecular formula is C35H43N3O5. The van der Waals surface area contributed by atoms with E-state index >= 15 is 0 Å². The van der Waals surface area contributed by atoms with E-state index in [4.69, 9.17) is 14.5 Å². The van der Waals surface area contributed by atoms with Gasteiger partial charge in [0.25, 0.3) is 0 Å². The minimum atomic E-state index is -0.650. The number of amides is 2. The number of ether oxygens (including phenoxy) is 2. The summed E-state index contributed by atoms with van der Waals surface area (Å²) in [4.78, 5) is 42.0. The van der Waals surface area contributed by atoms with Crippen LogP contribution < -0.4 is 10.6 Å². The molecule has 0 spiro atoms. The van der Waals surface area contributed by atoms with Crippen molar-refractivity contribution < 1.29 is 23.9 Å². The lowest BCUT2D eigenvalue weighted by Crippen LogP contribution is -2.43. The van der Waals surface area contributed by atoms with E-state index in [1.165, 1.54) is 7.11 Å². The van der Waals surface area contributed by atoms with E-state index in [1.54, 1.807) is 6.20 Å². The third-order valence-electron chi connectivity index (χ3n) is 7.81. The molecule has 43 heavy (non-hydrogen) atoms. The van der Waals surface area contributed by atoms with Crippen LogP contribution in [0.15, 0.2) is 66.9 Å². The van der Waals surface area contributed by atoms with Gasteiger partial charge in [-0.1, -0.05) is 54.6 Å². The predicted molar refractivity (Wildman–Crippen MR) is 168 cm³/mol. The maximum atomic E-state index is 13.0. The number of methoxy groups -OCH3 is 1. The second-order valence-electron chi connectivity index (χ2n) is 12.8. The van der Waals surface area contributed by atoms with Crippen molar-refractivity contribution in [2.45, 2.75) is 77.9 Å². The van der Waals surface area contributed by atoms with Crippen molar-refractivity contribution in [1.29, 1.82) is 0 Å². The molecule has 8 nitrogen and oxygen atoms in total. The number of esters is 1. The third-order valence-corrected chi connectivity index (χ3v) is 7.81. The molecule has 228 valence electrons. The number of pyridine rings is 1. The van der Waals surface area contributed by atoms with Crippen LogP contribution in [0.5, 0.6) is 0 Å². The van der Waals surface area contributed by atoms with Crippen LogP contribution in [0.2, 0.25) is 0 Å². The lowest BCUT2D eigenvalue weighted by Gasteiger charge is -2.29. The molecule has 1 aromatic heterocycles. The van der Waals surface area contributed by atoms with E-state index in [0.717, 1.165) is 53.6 Å². The Morgan fingerprint density at radius 2 is 1.53 bits per heavy atom. The van der Waals surface area contributed by atoms with Gasteiger partial charge in [0.2, 0.25) is 5.91 Å². The van der Waals surface area contributed by atoms with Crippen LogP contribution in [0.4, 0.5) is 10.5 Å². The van der Waals surface area contributed by atoms with Gasteiger partial charge in [-0.15, -0.1) is 0 Å². The molecule has 3 aromatic rings. The highest BCUT2D eigenvalue weighted by Crippen LogP contribution is 2.35. The largest absolute Gasteiger partial charge is 0.469 e. The van der Waals surface area contributed by atoms with Crippen LogP contribution in [0.1, 0.15) is 72.3 Å². The van der Waals surface area contributed by atoms with E-state index in [1.807, 2.05) is 95.3 Å². The zero-order valence-electron chi connectivity index (χ0n) is 26.0. The van der Waals surface area contributed by atoms with Gasteiger partial charge >= 0.3 is 12.1 Å². The fourth-order valence-electron chi connectivity index (χ4n) is 5.52. The van der Waals surface area contributed by atoms with Crippen LogP contribution in [-0.2, 0) is 24.6 Å². The Balaban J connectivity index is 1.50. The summed E-state index contributed by atoms with van der Waals surface area (Å²) < 4.78 is 10.3. The van der Waals surface area contributed by atoms with E-state index in [2.05, 4.69) is 10.6 Å². The molecule has 1 saturated carbocycles. The highest BCUT2D eigenvalue weighted by molar-refractivity contribution is 5.93. The molecule has 0 aliphatic heterocycles. The van der Waals surface area contributed by atoms with Gasteiger partial charge in [-0.05, 0) is 83.4 Å². The van der Waals surface area contributed by atoms with Crippen LogP contribution in [-0.4, -0.2) is 35.7 Å². The van der Waals surface area contributed by atoms with E-state index < -0.39 is 17.2 Å². The van der Waals surface area contributed by atoms with Gasteiger partial charge < -0.3 is 20.1 Å². The smallest absolute Gasteiger partial charge is 0.408 e. The molecule has 0 radical (unpaired) electrons. The highest BCUT2D eigenvalue weighted by atomic mass is 16.6. The number of nitrogens with zero attached hydrogens (tertiary/aromatic N) is 1. The molecule has 2 N–H and O–H groups in total. The van der Waals surface area contributed by atoms with Gasteiger partial charge in [0.1, 0.15) is 5.60 Å². The highest BCUT2D eigenvalue weighted by Gasteiger charge is 2.29. The summed E-state index contributed by atoms with van der Waals surface area (Å²) in [7, 11) is 1.42. The monoisotopic (exact) mass is 585 g/mol. The van der Waals surface area contributed by atoms with Crippen molar-refractivity contribution in [3.63, 3.8) is 0 Å². The zero-order chi connectivity index (χ0) is 31.2. The SMILES string of the molecule is COC(=O)[C@H]1CC[C@H](CC(=O)Nc2cnc(-c3ccc(C(C)(C)NC(=O)OC(C)(C)C)cc3)c(-c3ccccc3)c2)CC1. The molecule has 0 bridgehead atoms. The van der Waals surface area contributed by atoms with Crippen molar-refractivity contribution in [2.75, 3.05) is 12.4 Å². The molecule has 1 heterocycles. The van der Waals surface area contributed by atoms with Crippen molar-refractivity contribution >= 4 is 23.7 Å². The van der Waals surface area contributed by atoms with Gasteiger partial charge in [-0.25, -0.2) is 4.79 Å². The maximum absolute atomic E-state index is 13.0. The van der Waals surface area contributed by atoms with E-state index in [9.17, 15) is 14.4 Å². The fraction of sp³-hybridized carbons (Fsp3) is 0.429. The predicted octanol–water partition coefficient (Wildman–Crippen LogP) is 7.48. The number of benzene rings is 2. The summed E-state index contributed by atoms with van der Waals surface area (Å²) in [5.74, 6) is -0.0253. The van der Waals surface area contributed by atoms with Gasteiger partial charge in [0.05, 0.1) is 36.1 Å². The molecule has 1 aliphatic rings. The van der Waals surface area contributed by atoms with Gasteiger partial charge in [-0.3, -0.25) is 14.6 Å². The first-order valence-electron chi connectivity index (χ1n) is 14.9. The van der Waals surface area contributed by atoms with Crippen molar-refractivity contribution in [2.24, 2.45) is 11.8 Å². The normalized spacial score (nSPS) is 17.1. The van der Waals surface area contributed by atoms with Gasteiger partial charge in [0.15, 0.2) is 0 Å². The summed E-state index contributed by atoms with van der Waals surface area (Å²) in [6, 6.07) is 19.9. The first-order valence-corrected chi connectivity index (χ1v) is 14.9. The number of anilines is 1. The number of alkyl carbamates (subject to hydrolysis) is 1. The number of rotatable bonds is 8. The van der Waals surface area contributed by atoms with Crippen molar-refractivity contribution in [3.05, 3.63) is 72.4 Å². The van der Waals surface area contributed by atoms with Crippen molar-refractivity contribution in [3.8, 4) is 22.4 Å².